The zero-order valence-electron chi connectivity index (χ0n) is 8.93. The average molecular weight is 231 g/mol. The van der Waals surface area contributed by atoms with Crippen LogP contribution in [-0.4, -0.2) is 16.1 Å². The smallest absolute Gasteiger partial charge is 0.309 e. The number of aromatic nitrogens is 1. The molecule has 3 nitrogen and oxygen atoms in total. The third-order valence-corrected chi connectivity index (χ3v) is 2.29. The van der Waals surface area contributed by atoms with E-state index in [2.05, 4.69) is 4.98 Å². The molecule has 0 spiro atoms. The van der Waals surface area contributed by atoms with Gasteiger partial charge in [-0.3, -0.25) is 9.78 Å². The molecule has 1 aromatic carbocycles. The highest BCUT2D eigenvalue weighted by Crippen LogP contribution is 2.20. The van der Waals surface area contributed by atoms with Gasteiger partial charge in [-0.05, 0) is 24.3 Å². The lowest BCUT2D eigenvalue weighted by atomic mass is 10.1. The van der Waals surface area contributed by atoms with Crippen LogP contribution < -0.4 is 0 Å². The molecule has 0 unspecified atom stereocenters. The standard InChI is InChI=1S/C13H10FNO2/c14-11-6-2-1-5-10(11)12-7-3-4-9(15-12)8-13(16)17/h1-7H,8H2,(H,16,17). The molecule has 1 aromatic heterocycles. The number of hydrogen-bond donors (Lipinski definition) is 1. The van der Waals surface area contributed by atoms with Gasteiger partial charge in [0.25, 0.3) is 0 Å². The van der Waals surface area contributed by atoms with Crippen molar-refractivity contribution < 1.29 is 14.3 Å². The Hall–Kier alpha value is -2.23. The molecule has 1 N–H and O–H groups in total. The lowest BCUT2D eigenvalue weighted by Crippen LogP contribution is -2.02. The second kappa shape index (κ2) is 4.74. The van der Waals surface area contributed by atoms with E-state index in [0.29, 0.717) is 17.0 Å². The predicted molar refractivity (Wildman–Crippen MR) is 61.0 cm³/mol. The molecular weight excluding hydrogens is 221 g/mol. The second-order valence-corrected chi connectivity index (χ2v) is 3.56. The van der Waals surface area contributed by atoms with Crippen molar-refractivity contribution in [1.82, 2.24) is 4.98 Å². The van der Waals surface area contributed by atoms with Crippen LogP contribution in [0.4, 0.5) is 4.39 Å². The summed E-state index contributed by atoms with van der Waals surface area (Å²) in [7, 11) is 0. The Kier molecular flexibility index (Phi) is 3.14. The van der Waals surface area contributed by atoms with Crippen LogP contribution in [0.2, 0.25) is 0 Å². The van der Waals surface area contributed by atoms with Gasteiger partial charge < -0.3 is 5.11 Å². The largest absolute Gasteiger partial charge is 0.481 e. The molecular formula is C13H10FNO2. The Morgan fingerprint density at radius 2 is 1.94 bits per heavy atom. The first-order valence-electron chi connectivity index (χ1n) is 5.09. The van der Waals surface area contributed by atoms with Crippen molar-refractivity contribution in [2.45, 2.75) is 6.42 Å². The summed E-state index contributed by atoms with van der Waals surface area (Å²) in [6, 6.07) is 11.2. The van der Waals surface area contributed by atoms with E-state index in [1.54, 1.807) is 36.4 Å². The number of rotatable bonds is 3. The number of nitrogens with zero attached hydrogens (tertiary/aromatic N) is 1. The molecule has 0 radical (unpaired) electrons. The lowest BCUT2D eigenvalue weighted by Gasteiger charge is -2.04. The Balaban J connectivity index is 2.40. The van der Waals surface area contributed by atoms with Crippen LogP contribution in [0.5, 0.6) is 0 Å². The summed E-state index contributed by atoms with van der Waals surface area (Å²) >= 11 is 0. The Morgan fingerprint density at radius 3 is 2.65 bits per heavy atom. The molecule has 0 aliphatic heterocycles. The minimum absolute atomic E-state index is 0.164. The number of halogens is 1. The summed E-state index contributed by atoms with van der Waals surface area (Å²) in [5, 5.41) is 8.67. The van der Waals surface area contributed by atoms with E-state index in [-0.39, 0.29) is 12.2 Å². The number of carbonyl (C=O) groups is 1. The number of pyridine rings is 1. The van der Waals surface area contributed by atoms with Gasteiger partial charge in [0, 0.05) is 5.56 Å². The van der Waals surface area contributed by atoms with E-state index < -0.39 is 5.97 Å². The lowest BCUT2D eigenvalue weighted by molar-refractivity contribution is -0.136. The highest BCUT2D eigenvalue weighted by atomic mass is 19.1. The second-order valence-electron chi connectivity index (χ2n) is 3.56. The van der Waals surface area contributed by atoms with Gasteiger partial charge in [0.2, 0.25) is 0 Å². The van der Waals surface area contributed by atoms with E-state index >= 15 is 0 Å². The Labute approximate surface area is 97.6 Å². The van der Waals surface area contributed by atoms with Crippen molar-refractivity contribution in [2.75, 3.05) is 0 Å². The predicted octanol–water partition coefficient (Wildman–Crippen LogP) is 2.51. The molecule has 0 saturated carbocycles. The molecule has 0 amide bonds. The van der Waals surface area contributed by atoms with Crippen molar-refractivity contribution in [3.05, 3.63) is 54.0 Å². The molecule has 1 heterocycles. The van der Waals surface area contributed by atoms with Crippen molar-refractivity contribution in [3.63, 3.8) is 0 Å². The van der Waals surface area contributed by atoms with Gasteiger partial charge in [0.05, 0.1) is 17.8 Å². The molecule has 0 atom stereocenters. The van der Waals surface area contributed by atoms with E-state index in [9.17, 15) is 9.18 Å². The van der Waals surface area contributed by atoms with Gasteiger partial charge in [0.1, 0.15) is 5.82 Å². The average Bonchev–Trinajstić information content (AvgIpc) is 2.29. The Morgan fingerprint density at radius 1 is 1.18 bits per heavy atom. The molecule has 4 heteroatoms. The van der Waals surface area contributed by atoms with Crippen LogP contribution in [0, 0.1) is 5.82 Å². The molecule has 2 rings (SSSR count). The number of benzene rings is 1. The van der Waals surface area contributed by atoms with Gasteiger partial charge in [-0.15, -0.1) is 0 Å². The SMILES string of the molecule is O=C(O)Cc1cccc(-c2ccccc2F)n1. The molecule has 0 fully saturated rings. The minimum atomic E-state index is -0.955. The number of carboxylic acids is 1. The molecule has 0 bridgehead atoms. The highest BCUT2D eigenvalue weighted by Gasteiger charge is 2.07. The minimum Gasteiger partial charge on any atom is -0.481 e. The molecule has 17 heavy (non-hydrogen) atoms. The Bertz CT molecular complexity index is 555. The maximum Gasteiger partial charge on any atom is 0.309 e. The van der Waals surface area contributed by atoms with Crippen LogP contribution in [0.25, 0.3) is 11.3 Å². The summed E-state index contributed by atoms with van der Waals surface area (Å²) in [6.07, 6.45) is -0.164. The van der Waals surface area contributed by atoms with Gasteiger partial charge >= 0.3 is 5.97 Å². The maximum absolute atomic E-state index is 13.5. The van der Waals surface area contributed by atoms with Crippen molar-refractivity contribution in [1.29, 1.82) is 0 Å². The van der Waals surface area contributed by atoms with Gasteiger partial charge in [0.15, 0.2) is 0 Å². The molecule has 2 aromatic rings. The quantitative estimate of drug-likeness (QED) is 0.883. The summed E-state index contributed by atoms with van der Waals surface area (Å²) in [4.78, 5) is 14.7. The molecule has 86 valence electrons. The first kappa shape index (κ1) is 11.3. The fourth-order valence-electron chi connectivity index (χ4n) is 1.55. The number of hydrogen-bond acceptors (Lipinski definition) is 2. The van der Waals surface area contributed by atoms with Crippen LogP contribution in [0.15, 0.2) is 42.5 Å². The maximum atomic E-state index is 13.5. The highest BCUT2D eigenvalue weighted by molar-refractivity contribution is 5.70. The summed E-state index contributed by atoms with van der Waals surface area (Å²) in [5.74, 6) is -1.32. The number of aliphatic carboxylic acids is 1. The first-order valence-corrected chi connectivity index (χ1v) is 5.09. The monoisotopic (exact) mass is 231 g/mol. The molecule has 0 aliphatic carbocycles. The molecule has 0 saturated heterocycles. The fourth-order valence-corrected chi connectivity index (χ4v) is 1.55. The number of carboxylic acid groups (broad SMARTS) is 1. The van der Waals surface area contributed by atoms with E-state index in [1.165, 1.54) is 6.07 Å². The van der Waals surface area contributed by atoms with E-state index in [0.717, 1.165) is 0 Å². The topological polar surface area (TPSA) is 50.2 Å². The third kappa shape index (κ3) is 2.66. The van der Waals surface area contributed by atoms with E-state index in [4.69, 9.17) is 5.11 Å². The normalized spacial score (nSPS) is 10.2. The van der Waals surface area contributed by atoms with Crippen LogP contribution in [-0.2, 0) is 11.2 Å². The summed E-state index contributed by atoms with van der Waals surface area (Å²) in [6.45, 7) is 0. The van der Waals surface area contributed by atoms with Crippen LogP contribution in [0.1, 0.15) is 5.69 Å². The van der Waals surface area contributed by atoms with Crippen LogP contribution >= 0.6 is 0 Å². The zero-order valence-corrected chi connectivity index (χ0v) is 8.93. The zero-order chi connectivity index (χ0) is 12.3. The van der Waals surface area contributed by atoms with Crippen molar-refractivity contribution in [3.8, 4) is 11.3 Å². The fraction of sp³-hybridized carbons (Fsp3) is 0.0769. The van der Waals surface area contributed by atoms with Gasteiger partial charge in [-0.1, -0.05) is 18.2 Å². The van der Waals surface area contributed by atoms with Gasteiger partial charge in [-0.25, -0.2) is 4.39 Å². The van der Waals surface area contributed by atoms with E-state index in [1.807, 2.05) is 0 Å². The van der Waals surface area contributed by atoms with Crippen LogP contribution in [0.3, 0.4) is 0 Å². The first-order chi connectivity index (χ1) is 8.16. The molecule has 0 aliphatic rings. The summed E-state index contributed by atoms with van der Waals surface area (Å²) in [5.41, 5.74) is 1.24. The third-order valence-electron chi connectivity index (χ3n) is 2.29. The van der Waals surface area contributed by atoms with Crippen molar-refractivity contribution in [2.24, 2.45) is 0 Å². The summed E-state index contributed by atoms with van der Waals surface area (Å²) < 4.78 is 13.5. The van der Waals surface area contributed by atoms with Crippen molar-refractivity contribution >= 4 is 5.97 Å². The van der Waals surface area contributed by atoms with Gasteiger partial charge in [-0.2, -0.15) is 0 Å².